The lowest BCUT2D eigenvalue weighted by molar-refractivity contribution is 0.0452. The van der Waals surface area contributed by atoms with E-state index in [9.17, 15) is 4.79 Å². The van der Waals surface area contributed by atoms with E-state index in [2.05, 4.69) is 4.98 Å². The molecule has 0 radical (unpaired) electrons. The second-order valence-electron chi connectivity index (χ2n) is 5.36. The zero-order valence-corrected chi connectivity index (χ0v) is 15.0. The predicted molar refractivity (Wildman–Crippen MR) is 98.7 cm³/mol. The molecule has 0 saturated heterocycles. The molecule has 25 heavy (non-hydrogen) atoms. The molecular formula is C19H15Cl2NO3. The highest BCUT2D eigenvalue weighted by Crippen LogP contribution is 2.32. The van der Waals surface area contributed by atoms with E-state index in [-0.39, 0.29) is 13.2 Å². The monoisotopic (exact) mass is 375 g/mol. The molecule has 0 fully saturated rings. The van der Waals surface area contributed by atoms with Crippen molar-refractivity contribution in [1.29, 1.82) is 0 Å². The van der Waals surface area contributed by atoms with Gasteiger partial charge in [-0.3, -0.25) is 4.98 Å². The molecule has 0 bridgehead atoms. The quantitative estimate of drug-likeness (QED) is 0.460. The van der Waals surface area contributed by atoms with Crippen LogP contribution in [0.1, 0.15) is 16.1 Å². The molecule has 0 aliphatic rings. The summed E-state index contributed by atoms with van der Waals surface area (Å²) >= 11 is 12.1. The number of hydrogen-bond acceptors (Lipinski definition) is 4. The minimum Gasteiger partial charge on any atom is -0.487 e. The van der Waals surface area contributed by atoms with Gasteiger partial charge in [0.1, 0.15) is 13.2 Å². The highest BCUT2D eigenvalue weighted by Gasteiger charge is 2.13. The Hall–Kier alpha value is -2.30. The molecule has 0 N–H and O–H groups in total. The summed E-state index contributed by atoms with van der Waals surface area (Å²) < 4.78 is 10.8. The lowest BCUT2D eigenvalue weighted by Crippen LogP contribution is -2.13. The molecule has 6 heteroatoms. The van der Waals surface area contributed by atoms with Crippen LogP contribution in [0.4, 0.5) is 0 Å². The predicted octanol–water partition coefficient (Wildman–Crippen LogP) is 5.09. The molecule has 2 aromatic carbocycles. The molecule has 0 spiro atoms. The van der Waals surface area contributed by atoms with Crippen molar-refractivity contribution in [3.05, 3.63) is 69.8 Å². The largest absolute Gasteiger partial charge is 0.487 e. The summed E-state index contributed by atoms with van der Waals surface area (Å²) in [5, 5.41) is 1.58. The fourth-order valence-electron chi connectivity index (χ4n) is 2.45. The van der Waals surface area contributed by atoms with Crippen LogP contribution < -0.4 is 4.74 Å². The first-order valence-corrected chi connectivity index (χ1v) is 8.42. The fraction of sp³-hybridized carbons (Fsp3) is 0.158. The van der Waals surface area contributed by atoms with Crippen molar-refractivity contribution in [2.75, 3.05) is 13.2 Å². The van der Waals surface area contributed by atoms with E-state index in [0.717, 1.165) is 16.6 Å². The Morgan fingerprint density at radius 2 is 1.76 bits per heavy atom. The van der Waals surface area contributed by atoms with Gasteiger partial charge in [-0.05, 0) is 31.2 Å². The molecule has 4 nitrogen and oxygen atoms in total. The number of pyridine rings is 1. The van der Waals surface area contributed by atoms with Gasteiger partial charge in [0.15, 0.2) is 5.75 Å². The molecule has 0 aliphatic carbocycles. The van der Waals surface area contributed by atoms with Crippen LogP contribution in [0.15, 0.2) is 48.5 Å². The summed E-state index contributed by atoms with van der Waals surface area (Å²) in [6, 6.07) is 14.3. The molecule has 0 amide bonds. The topological polar surface area (TPSA) is 48.4 Å². The normalized spacial score (nSPS) is 10.7. The van der Waals surface area contributed by atoms with Crippen LogP contribution in [-0.4, -0.2) is 24.2 Å². The maximum atomic E-state index is 12.4. The maximum absolute atomic E-state index is 12.4. The van der Waals surface area contributed by atoms with Crippen molar-refractivity contribution in [2.24, 2.45) is 0 Å². The average molecular weight is 376 g/mol. The molecule has 0 saturated carbocycles. The average Bonchev–Trinajstić information content (AvgIpc) is 2.59. The first-order valence-electron chi connectivity index (χ1n) is 7.66. The Morgan fingerprint density at radius 3 is 2.52 bits per heavy atom. The third-order valence-electron chi connectivity index (χ3n) is 3.55. The number of carbonyl (C=O) groups is 1. The van der Waals surface area contributed by atoms with E-state index >= 15 is 0 Å². The maximum Gasteiger partial charge on any atom is 0.339 e. The van der Waals surface area contributed by atoms with Crippen molar-refractivity contribution < 1.29 is 14.3 Å². The van der Waals surface area contributed by atoms with Gasteiger partial charge in [-0.1, -0.05) is 47.5 Å². The first-order chi connectivity index (χ1) is 12.1. The Labute approximate surface area is 155 Å². The Kier molecular flexibility index (Phi) is 5.41. The van der Waals surface area contributed by atoms with Crippen molar-refractivity contribution in [3.63, 3.8) is 0 Å². The Morgan fingerprint density at radius 1 is 1.04 bits per heavy atom. The minimum atomic E-state index is -0.421. The molecular weight excluding hydrogens is 361 g/mol. The number of esters is 1. The molecule has 1 aromatic heterocycles. The molecule has 1 heterocycles. The van der Waals surface area contributed by atoms with Gasteiger partial charge in [0, 0.05) is 11.1 Å². The number of aromatic nitrogens is 1. The molecule has 128 valence electrons. The fourth-order valence-corrected chi connectivity index (χ4v) is 2.96. The number of halogens is 2. The van der Waals surface area contributed by atoms with Crippen LogP contribution >= 0.6 is 23.2 Å². The van der Waals surface area contributed by atoms with E-state index in [1.807, 2.05) is 31.2 Å². The molecule has 0 atom stereocenters. The van der Waals surface area contributed by atoms with Gasteiger partial charge < -0.3 is 9.47 Å². The van der Waals surface area contributed by atoms with Gasteiger partial charge in [0.2, 0.25) is 0 Å². The van der Waals surface area contributed by atoms with E-state index in [1.54, 1.807) is 24.3 Å². The number of ether oxygens (including phenoxy) is 2. The van der Waals surface area contributed by atoms with Crippen molar-refractivity contribution in [3.8, 4) is 5.75 Å². The summed E-state index contributed by atoms with van der Waals surface area (Å²) in [5.41, 5.74) is 2.00. The smallest absolute Gasteiger partial charge is 0.339 e. The second-order valence-corrected chi connectivity index (χ2v) is 6.18. The van der Waals surface area contributed by atoms with Gasteiger partial charge in [-0.25, -0.2) is 4.79 Å². The van der Waals surface area contributed by atoms with Crippen molar-refractivity contribution in [2.45, 2.75) is 6.92 Å². The van der Waals surface area contributed by atoms with Crippen LogP contribution in [0.25, 0.3) is 10.9 Å². The highest BCUT2D eigenvalue weighted by atomic mass is 35.5. The van der Waals surface area contributed by atoms with Gasteiger partial charge >= 0.3 is 5.97 Å². The summed E-state index contributed by atoms with van der Waals surface area (Å²) in [7, 11) is 0. The number of aryl methyl sites for hydroxylation is 1. The number of fused-ring (bicyclic) bond motifs is 1. The number of benzene rings is 2. The molecule has 3 aromatic rings. The molecule has 0 aliphatic heterocycles. The first kappa shape index (κ1) is 17.5. The highest BCUT2D eigenvalue weighted by molar-refractivity contribution is 6.37. The van der Waals surface area contributed by atoms with Crippen LogP contribution in [-0.2, 0) is 4.74 Å². The lowest BCUT2D eigenvalue weighted by Gasteiger charge is -2.11. The minimum absolute atomic E-state index is 0.0794. The number of nitrogens with zero attached hydrogens (tertiary/aromatic N) is 1. The number of hydrogen-bond donors (Lipinski definition) is 0. The zero-order valence-electron chi connectivity index (χ0n) is 13.5. The molecule has 0 unspecified atom stereocenters. The van der Waals surface area contributed by atoms with Crippen LogP contribution in [0.5, 0.6) is 5.75 Å². The summed E-state index contributed by atoms with van der Waals surface area (Å²) in [4.78, 5) is 16.8. The van der Waals surface area contributed by atoms with Crippen molar-refractivity contribution >= 4 is 40.1 Å². The van der Waals surface area contributed by atoms with E-state index in [4.69, 9.17) is 32.7 Å². The SMILES string of the molecule is Cc1cc(C(=O)OCCOc2c(Cl)cccc2Cl)c2ccccc2n1. The van der Waals surface area contributed by atoms with Crippen molar-refractivity contribution in [1.82, 2.24) is 4.98 Å². The van der Waals surface area contributed by atoms with E-state index in [1.165, 1.54) is 0 Å². The Bertz CT molecular complexity index is 907. The van der Waals surface area contributed by atoms with Gasteiger partial charge in [-0.15, -0.1) is 0 Å². The van der Waals surface area contributed by atoms with E-state index in [0.29, 0.717) is 21.4 Å². The van der Waals surface area contributed by atoms with Crippen LogP contribution in [0, 0.1) is 6.92 Å². The van der Waals surface area contributed by atoms with Crippen LogP contribution in [0.2, 0.25) is 10.0 Å². The third kappa shape index (κ3) is 4.03. The standard InChI is InChI=1S/C19H15Cl2NO3/c1-12-11-14(13-5-2-3-8-17(13)22-12)19(23)25-10-9-24-18-15(20)6-4-7-16(18)21/h2-8,11H,9-10H2,1H3. The number of carbonyl (C=O) groups excluding carboxylic acids is 1. The zero-order chi connectivity index (χ0) is 17.8. The van der Waals surface area contributed by atoms with Gasteiger partial charge in [0.25, 0.3) is 0 Å². The summed E-state index contributed by atoms with van der Waals surface area (Å²) in [5.74, 6) is -0.0392. The second kappa shape index (κ2) is 7.72. The molecule has 3 rings (SSSR count). The lowest BCUT2D eigenvalue weighted by atomic mass is 10.1. The summed E-state index contributed by atoms with van der Waals surface area (Å²) in [6.45, 7) is 2.07. The Balaban J connectivity index is 1.66. The number of para-hydroxylation sites is 2. The van der Waals surface area contributed by atoms with Gasteiger partial charge in [0.05, 0.1) is 21.1 Å². The van der Waals surface area contributed by atoms with Crippen LogP contribution in [0.3, 0.4) is 0 Å². The van der Waals surface area contributed by atoms with E-state index < -0.39 is 5.97 Å². The summed E-state index contributed by atoms with van der Waals surface area (Å²) in [6.07, 6.45) is 0. The van der Waals surface area contributed by atoms with Gasteiger partial charge in [-0.2, -0.15) is 0 Å². The third-order valence-corrected chi connectivity index (χ3v) is 4.14. The number of rotatable bonds is 5.